The van der Waals surface area contributed by atoms with E-state index in [2.05, 4.69) is 22.6 Å². The van der Waals surface area contributed by atoms with Gasteiger partial charge < -0.3 is 25.4 Å². The van der Waals surface area contributed by atoms with Crippen LogP contribution in [-0.2, 0) is 33.7 Å². The number of halogens is 17. The van der Waals surface area contributed by atoms with Gasteiger partial charge in [0, 0.05) is 23.8 Å². The average molecular weight is 811 g/mol. The lowest BCUT2D eigenvalue weighted by molar-refractivity contribution is -0.458. The molecule has 0 aliphatic carbocycles. The van der Waals surface area contributed by atoms with E-state index in [0.29, 0.717) is 0 Å². The van der Waals surface area contributed by atoms with Crippen LogP contribution in [0.15, 0.2) is 36.5 Å². The average Bonchev–Trinajstić information content (AvgIpc) is 2.96. The molecule has 0 radical (unpaired) electrons. The van der Waals surface area contributed by atoms with Crippen molar-refractivity contribution in [3.63, 3.8) is 0 Å². The number of carbonyl (C=O) groups is 3. The fourth-order valence-electron chi connectivity index (χ4n) is 2.60. The van der Waals surface area contributed by atoms with Crippen molar-refractivity contribution < 1.29 is 117 Å². The highest BCUT2D eigenvalue weighted by atomic mass is 32.2. The minimum absolute atomic E-state index is 0.0828. The number of hydrogen-bond acceptors (Lipinski definition) is 9. The topological polar surface area (TPSA) is 170 Å². The standard InChI is InChI=1S/C14H10F17NO4S.C9H12O5/c1-5(6(33)36-3-2-32)4-37(34,35)14(30,31)12(25,26)10(21,22)8(17,18)7(15,16)9(19,20)11(23,24)13(27,28)29;1-7(3-2-4-8(11)12)9(13)14-6-5-10/h1-4,32H2;2,4,10H,1,3,5-6H2,(H,11,12). The molecule has 0 amide bonds. The molecule has 0 aromatic carbocycles. The Labute approximate surface area is 273 Å². The number of aliphatic hydroxyl groups is 1. The minimum atomic E-state index is -8.93. The second kappa shape index (κ2) is 16.8. The number of allylic oxidation sites excluding steroid dienone is 1. The van der Waals surface area contributed by atoms with Crippen molar-refractivity contribution in [1.29, 1.82) is 0 Å². The van der Waals surface area contributed by atoms with Crippen molar-refractivity contribution in [1.82, 2.24) is 0 Å². The van der Waals surface area contributed by atoms with E-state index in [1.54, 1.807) is 0 Å². The van der Waals surface area contributed by atoms with Gasteiger partial charge in [-0.2, -0.15) is 74.6 Å². The Kier molecular flexibility index (Phi) is 16.2. The molecule has 0 atom stereocenters. The zero-order valence-electron chi connectivity index (χ0n) is 24.5. The maximum atomic E-state index is 13.9. The van der Waals surface area contributed by atoms with Crippen LogP contribution in [0.2, 0.25) is 0 Å². The van der Waals surface area contributed by atoms with E-state index < -0.39 is 99.2 Å². The van der Waals surface area contributed by atoms with Crippen molar-refractivity contribution in [3.8, 4) is 0 Å². The summed E-state index contributed by atoms with van der Waals surface area (Å²) in [5, 5.41) is 8.87. The molecule has 4 N–H and O–H groups in total. The molecule has 0 spiro atoms. The number of carboxylic acids is 1. The second-order valence-electron chi connectivity index (χ2n) is 9.16. The van der Waals surface area contributed by atoms with Gasteiger partial charge in [-0.3, -0.25) is 0 Å². The Morgan fingerprint density at radius 1 is 0.647 bits per heavy atom. The highest BCUT2D eigenvalue weighted by Gasteiger charge is 2.96. The first-order valence-electron chi connectivity index (χ1n) is 12.3. The van der Waals surface area contributed by atoms with Crippen LogP contribution in [-0.4, -0.2) is 116 Å². The van der Waals surface area contributed by atoms with E-state index in [4.69, 9.17) is 15.9 Å². The second-order valence-corrected chi connectivity index (χ2v) is 11.2. The molecule has 0 aliphatic heterocycles. The minimum Gasteiger partial charge on any atom is -0.478 e. The molecule has 0 saturated carbocycles. The summed E-state index contributed by atoms with van der Waals surface area (Å²) in [6.07, 6.45) is -5.58. The van der Waals surface area contributed by atoms with Gasteiger partial charge >= 0.3 is 64.9 Å². The summed E-state index contributed by atoms with van der Waals surface area (Å²) < 4.78 is 256. The summed E-state index contributed by atoms with van der Waals surface area (Å²) in [5.74, 6) is -58.8. The molecular weight excluding hydrogens is 789 g/mol. The van der Waals surface area contributed by atoms with Crippen LogP contribution in [0.1, 0.15) is 6.42 Å². The Morgan fingerprint density at radius 2 is 1.02 bits per heavy atom. The number of aliphatic hydroxyl groups excluding tert-OH is 1. The van der Waals surface area contributed by atoms with E-state index in [9.17, 15) is 97.4 Å². The van der Waals surface area contributed by atoms with E-state index in [1.807, 2.05) is 0 Å². The lowest BCUT2D eigenvalue weighted by Gasteiger charge is -2.42. The third-order valence-corrected chi connectivity index (χ3v) is 7.09. The van der Waals surface area contributed by atoms with Gasteiger partial charge in [-0.05, 0) is 6.42 Å². The van der Waals surface area contributed by atoms with Crippen LogP contribution >= 0.6 is 0 Å². The number of esters is 2. The molecule has 10 nitrogen and oxygen atoms in total. The van der Waals surface area contributed by atoms with Crippen molar-refractivity contribution in [3.05, 3.63) is 36.5 Å². The number of aliphatic carboxylic acids is 1. The van der Waals surface area contributed by atoms with Crippen molar-refractivity contribution in [2.75, 3.05) is 32.1 Å². The van der Waals surface area contributed by atoms with Gasteiger partial charge in [0.2, 0.25) is 9.84 Å². The molecular formula is C23H22F17NO9S. The summed E-state index contributed by atoms with van der Waals surface area (Å²) in [4.78, 5) is 32.3. The smallest absolute Gasteiger partial charge is 0.460 e. The number of ether oxygens (including phenoxy) is 2. The van der Waals surface area contributed by atoms with Gasteiger partial charge in [0.1, 0.15) is 13.2 Å². The van der Waals surface area contributed by atoms with Gasteiger partial charge in [-0.25, -0.2) is 22.8 Å². The molecule has 0 fully saturated rings. The quantitative estimate of drug-likeness (QED) is 0.102. The molecule has 298 valence electrons. The van der Waals surface area contributed by atoms with Gasteiger partial charge in [-0.15, -0.1) is 0 Å². The van der Waals surface area contributed by atoms with E-state index >= 15 is 0 Å². The third kappa shape index (κ3) is 10.0. The maximum Gasteiger partial charge on any atom is 0.460 e. The first kappa shape index (κ1) is 49.4. The van der Waals surface area contributed by atoms with E-state index in [0.717, 1.165) is 6.08 Å². The summed E-state index contributed by atoms with van der Waals surface area (Å²) in [6, 6.07) is 0. The van der Waals surface area contributed by atoms with Crippen molar-refractivity contribution in [2.24, 2.45) is 5.73 Å². The number of sulfone groups is 1. The molecule has 28 heteroatoms. The van der Waals surface area contributed by atoms with Crippen LogP contribution in [0.5, 0.6) is 0 Å². The molecule has 0 unspecified atom stereocenters. The number of carbonyl (C=O) groups excluding carboxylic acids is 2. The molecule has 0 heterocycles. The fraction of sp³-hybridized carbons (Fsp3) is 0.609. The van der Waals surface area contributed by atoms with Gasteiger partial charge in [0.05, 0.1) is 12.4 Å². The molecule has 0 aromatic rings. The Morgan fingerprint density at radius 3 is 1.39 bits per heavy atom. The molecule has 0 aromatic heterocycles. The number of carboxylic acid groups (broad SMARTS) is 1. The SMILES string of the molecule is C=C(CC=CC(=O)O)C(=O)OCCO.C=C(CS(=O)(=O)C(F)(F)C(F)(F)C(F)(F)C(F)(F)C(F)(F)C(F)(F)C(F)(F)C(F)(F)F)C(=O)OCCN. The summed E-state index contributed by atoms with van der Waals surface area (Å²) in [5.41, 5.74) is 3.16. The van der Waals surface area contributed by atoms with E-state index in [1.165, 1.54) is 6.08 Å². The van der Waals surface area contributed by atoms with Crippen LogP contribution in [0.3, 0.4) is 0 Å². The van der Waals surface area contributed by atoms with Crippen LogP contribution in [0.25, 0.3) is 0 Å². The predicted molar refractivity (Wildman–Crippen MR) is 132 cm³/mol. The van der Waals surface area contributed by atoms with Gasteiger partial charge in [-0.1, -0.05) is 19.2 Å². The van der Waals surface area contributed by atoms with Crippen LogP contribution in [0, 0.1) is 0 Å². The Bertz CT molecular complexity index is 1430. The van der Waals surface area contributed by atoms with Crippen LogP contribution < -0.4 is 5.73 Å². The first-order valence-corrected chi connectivity index (χ1v) is 13.9. The lowest BCUT2D eigenvalue weighted by atomic mass is 9.91. The highest BCUT2D eigenvalue weighted by Crippen LogP contribution is 2.64. The normalized spacial score (nSPS) is 14.0. The largest absolute Gasteiger partial charge is 0.478 e. The molecule has 0 aliphatic rings. The summed E-state index contributed by atoms with van der Waals surface area (Å²) in [6.45, 7) is 4.13. The van der Waals surface area contributed by atoms with Gasteiger partial charge in [0.15, 0.2) is 0 Å². The summed E-state index contributed by atoms with van der Waals surface area (Å²) in [7, 11) is -7.45. The number of nitrogens with two attached hydrogens (primary N) is 1. The van der Waals surface area contributed by atoms with Gasteiger partial charge in [0.25, 0.3) is 0 Å². The fourth-order valence-corrected chi connectivity index (χ4v) is 3.88. The number of alkyl halides is 17. The zero-order chi connectivity index (χ0) is 41.5. The molecule has 0 saturated heterocycles. The molecule has 51 heavy (non-hydrogen) atoms. The number of rotatable bonds is 18. The Balaban J connectivity index is 0. The lowest BCUT2D eigenvalue weighted by Crippen LogP contribution is -2.75. The zero-order valence-corrected chi connectivity index (χ0v) is 25.3. The number of hydrogen-bond donors (Lipinski definition) is 3. The van der Waals surface area contributed by atoms with Crippen molar-refractivity contribution >= 4 is 27.7 Å². The van der Waals surface area contributed by atoms with Crippen LogP contribution in [0.4, 0.5) is 74.6 Å². The first-order chi connectivity index (χ1) is 22.4. The Hall–Kier alpha value is -3.69. The summed E-state index contributed by atoms with van der Waals surface area (Å²) >= 11 is 0. The third-order valence-electron chi connectivity index (χ3n) is 5.33. The molecule has 0 bridgehead atoms. The highest BCUT2D eigenvalue weighted by molar-refractivity contribution is 7.92. The van der Waals surface area contributed by atoms with Crippen molar-refractivity contribution in [2.45, 2.75) is 53.4 Å². The monoisotopic (exact) mass is 811 g/mol. The van der Waals surface area contributed by atoms with E-state index in [-0.39, 0.29) is 25.2 Å². The predicted octanol–water partition coefficient (Wildman–Crippen LogP) is 4.54. The molecule has 0 rings (SSSR count). The maximum absolute atomic E-state index is 13.9.